The smallest absolute Gasteiger partial charge is 0.288 e. The standard InChI is InChI=1S/C10H11ClN4O2/c1-2-3-8-13-7(14-17-8)6-15-5-4-12-9(11)10(15)16/h4-5H,2-3,6H2,1H3. The van der Waals surface area contributed by atoms with Crippen LogP contribution in [-0.4, -0.2) is 19.7 Å². The molecule has 0 unspecified atom stereocenters. The maximum absolute atomic E-state index is 11.6. The van der Waals surface area contributed by atoms with Crippen LogP contribution in [0.2, 0.25) is 5.15 Å². The molecule has 0 aliphatic heterocycles. The molecule has 2 aromatic rings. The summed E-state index contributed by atoms with van der Waals surface area (Å²) in [6, 6.07) is 0. The average molecular weight is 255 g/mol. The summed E-state index contributed by atoms with van der Waals surface area (Å²) < 4.78 is 6.41. The summed E-state index contributed by atoms with van der Waals surface area (Å²) in [5.74, 6) is 1.04. The van der Waals surface area contributed by atoms with Gasteiger partial charge in [0.15, 0.2) is 11.0 Å². The third-order valence-corrected chi connectivity index (χ3v) is 2.42. The summed E-state index contributed by atoms with van der Waals surface area (Å²) in [5.41, 5.74) is -0.365. The van der Waals surface area contributed by atoms with Crippen molar-refractivity contribution < 1.29 is 4.52 Å². The van der Waals surface area contributed by atoms with Gasteiger partial charge < -0.3 is 9.09 Å². The molecule has 0 aromatic carbocycles. The van der Waals surface area contributed by atoms with Gasteiger partial charge in [-0.15, -0.1) is 0 Å². The van der Waals surface area contributed by atoms with Gasteiger partial charge in [-0.25, -0.2) is 4.98 Å². The first kappa shape index (κ1) is 11.8. The molecule has 0 radical (unpaired) electrons. The molecule has 0 aliphatic carbocycles. The average Bonchev–Trinajstić information content (AvgIpc) is 2.73. The Balaban J connectivity index is 2.19. The Morgan fingerprint density at radius 1 is 1.53 bits per heavy atom. The summed E-state index contributed by atoms with van der Waals surface area (Å²) >= 11 is 5.63. The Morgan fingerprint density at radius 3 is 3.12 bits per heavy atom. The minimum atomic E-state index is -0.365. The largest absolute Gasteiger partial charge is 0.339 e. The van der Waals surface area contributed by atoms with Crippen molar-refractivity contribution in [3.63, 3.8) is 0 Å². The predicted octanol–water partition coefficient (Wildman–Crippen LogP) is 1.28. The van der Waals surface area contributed by atoms with Crippen LogP contribution in [0.15, 0.2) is 21.7 Å². The maximum Gasteiger partial charge on any atom is 0.288 e. The van der Waals surface area contributed by atoms with E-state index in [4.69, 9.17) is 16.1 Å². The maximum atomic E-state index is 11.6. The number of nitrogens with zero attached hydrogens (tertiary/aromatic N) is 4. The van der Waals surface area contributed by atoms with E-state index in [0.717, 1.165) is 12.8 Å². The lowest BCUT2D eigenvalue weighted by atomic mass is 10.3. The van der Waals surface area contributed by atoms with Crippen LogP contribution in [0.3, 0.4) is 0 Å². The van der Waals surface area contributed by atoms with Gasteiger partial charge in [-0.2, -0.15) is 4.98 Å². The zero-order valence-electron chi connectivity index (χ0n) is 9.26. The third kappa shape index (κ3) is 2.71. The van der Waals surface area contributed by atoms with Gasteiger partial charge in [0.2, 0.25) is 5.89 Å². The minimum absolute atomic E-state index is 0.0650. The van der Waals surface area contributed by atoms with Crippen LogP contribution >= 0.6 is 11.6 Å². The topological polar surface area (TPSA) is 73.8 Å². The molecule has 6 nitrogen and oxygen atoms in total. The van der Waals surface area contributed by atoms with Crippen molar-refractivity contribution in [1.29, 1.82) is 0 Å². The molecule has 2 rings (SSSR count). The first-order valence-corrected chi connectivity index (χ1v) is 5.61. The van der Waals surface area contributed by atoms with Crippen molar-refractivity contribution in [2.45, 2.75) is 26.3 Å². The molecular formula is C10H11ClN4O2. The van der Waals surface area contributed by atoms with Crippen LogP contribution < -0.4 is 5.56 Å². The summed E-state index contributed by atoms with van der Waals surface area (Å²) in [5, 5.41) is 3.73. The summed E-state index contributed by atoms with van der Waals surface area (Å²) in [6.45, 7) is 2.26. The van der Waals surface area contributed by atoms with Crippen LogP contribution in [-0.2, 0) is 13.0 Å². The van der Waals surface area contributed by atoms with Gasteiger partial charge in [0.1, 0.15) is 0 Å². The number of hydrogen-bond donors (Lipinski definition) is 0. The lowest BCUT2D eigenvalue weighted by Gasteiger charge is -2.00. The Morgan fingerprint density at radius 2 is 2.35 bits per heavy atom. The number of hydrogen-bond acceptors (Lipinski definition) is 5. The predicted molar refractivity (Wildman–Crippen MR) is 60.9 cm³/mol. The molecule has 0 spiro atoms. The summed E-state index contributed by atoms with van der Waals surface area (Å²) in [6.07, 6.45) is 4.66. The molecule has 0 saturated carbocycles. The van der Waals surface area contributed by atoms with E-state index in [0.29, 0.717) is 11.7 Å². The lowest BCUT2D eigenvalue weighted by Crippen LogP contribution is -2.21. The molecule has 0 atom stereocenters. The second-order valence-corrected chi connectivity index (χ2v) is 3.86. The number of rotatable bonds is 4. The third-order valence-electron chi connectivity index (χ3n) is 2.16. The fourth-order valence-electron chi connectivity index (χ4n) is 1.37. The van der Waals surface area contributed by atoms with Crippen LogP contribution in [0.25, 0.3) is 0 Å². The molecule has 2 heterocycles. The summed E-state index contributed by atoms with van der Waals surface area (Å²) in [4.78, 5) is 19.4. The van der Waals surface area contributed by atoms with Gasteiger partial charge in [-0.05, 0) is 6.42 Å². The van der Waals surface area contributed by atoms with E-state index < -0.39 is 0 Å². The van der Waals surface area contributed by atoms with Gasteiger partial charge in [-0.1, -0.05) is 23.7 Å². The highest BCUT2D eigenvalue weighted by Crippen LogP contribution is 2.02. The molecule has 0 fully saturated rings. The van der Waals surface area contributed by atoms with E-state index in [9.17, 15) is 4.79 Å². The van der Waals surface area contributed by atoms with Gasteiger partial charge in [-0.3, -0.25) is 4.79 Å². The molecule has 0 aliphatic rings. The normalized spacial score (nSPS) is 10.7. The van der Waals surface area contributed by atoms with E-state index >= 15 is 0 Å². The van der Waals surface area contributed by atoms with Gasteiger partial charge >= 0.3 is 0 Å². The van der Waals surface area contributed by atoms with E-state index in [-0.39, 0.29) is 17.3 Å². The lowest BCUT2D eigenvalue weighted by molar-refractivity contribution is 0.371. The second-order valence-electron chi connectivity index (χ2n) is 3.51. The zero-order valence-corrected chi connectivity index (χ0v) is 10.0. The number of aryl methyl sites for hydroxylation is 1. The van der Waals surface area contributed by atoms with Crippen molar-refractivity contribution >= 4 is 11.6 Å². The summed E-state index contributed by atoms with van der Waals surface area (Å²) in [7, 11) is 0. The quantitative estimate of drug-likeness (QED) is 0.822. The number of aromatic nitrogens is 4. The monoisotopic (exact) mass is 254 g/mol. The van der Waals surface area contributed by atoms with Crippen LogP contribution in [0.1, 0.15) is 25.1 Å². The number of halogens is 1. The Kier molecular flexibility index (Phi) is 3.53. The van der Waals surface area contributed by atoms with E-state index in [1.165, 1.54) is 17.0 Å². The van der Waals surface area contributed by atoms with E-state index in [1.807, 2.05) is 6.92 Å². The van der Waals surface area contributed by atoms with E-state index in [1.54, 1.807) is 0 Å². The second kappa shape index (κ2) is 5.09. The SMILES string of the molecule is CCCc1nc(Cn2ccnc(Cl)c2=O)no1. The first-order chi connectivity index (χ1) is 8.20. The first-order valence-electron chi connectivity index (χ1n) is 5.23. The molecule has 17 heavy (non-hydrogen) atoms. The molecule has 2 aromatic heterocycles. The zero-order chi connectivity index (χ0) is 12.3. The minimum Gasteiger partial charge on any atom is -0.339 e. The highest BCUT2D eigenvalue weighted by molar-refractivity contribution is 6.29. The highest BCUT2D eigenvalue weighted by Gasteiger charge is 2.08. The van der Waals surface area contributed by atoms with Crippen molar-refractivity contribution in [3.8, 4) is 0 Å². The Bertz CT molecular complexity index is 563. The van der Waals surface area contributed by atoms with Crippen molar-refractivity contribution in [1.82, 2.24) is 19.7 Å². The highest BCUT2D eigenvalue weighted by atomic mass is 35.5. The van der Waals surface area contributed by atoms with Crippen molar-refractivity contribution in [2.75, 3.05) is 0 Å². The van der Waals surface area contributed by atoms with Crippen LogP contribution in [0, 0.1) is 0 Å². The van der Waals surface area contributed by atoms with Gasteiger partial charge in [0.25, 0.3) is 5.56 Å². The molecule has 90 valence electrons. The molecular weight excluding hydrogens is 244 g/mol. The Hall–Kier alpha value is -1.69. The molecule has 0 saturated heterocycles. The van der Waals surface area contributed by atoms with Gasteiger partial charge in [0.05, 0.1) is 6.54 Å². The van der Waals surface area contributed by atoms with Crippen LogP contribution in [0.4, 0.5) is 0 Å². The fraction of sp³-hybridized carbons (Fsp3) is 0.400. The molecule has 0 N–H and O–H groups in total. The van der Waals surface area contributed by atoms with Crippen molar-refractivity contribution in [2.24, 2.45) is 0 Å². The Labute approximate surface area is 102 Å². The van der Waals surface area contributed by atoms with Crippen LogP contribution in [0.5, 0.6) is 0 Å². The van der Waals surface area contributed by atoms with Crippen molar-refractivity contribution in [3.05, 3.63) is 39.6 Å². The molecule has 7 heteroatoms. The molecule has 0 bridgehead atoms. The van der Waals surface area contributed by atoms with Gasteiger partial charge in [0, 0.05) is 18.8 Å². The fourth-order valence-corrected chi connectivity index (χ4v) is 1.53. The molecule has 0 amide bonds. The van der Waals surface area contributed by atoms with E-state index in [2.05, 4.69) is 15.1 Å².